The van der Waals surface area contributed by atoms with Crippen LogP contribution in [0.5, 0.6) is 0 Å². The lowest BCUT2D eigenvalue weighted by molar-refractivity contribution is -0.138. The van der Waals surface area contributed by atoms with Crippen LogP contribution in [-0.4, -0.2) is 81.1 Å². The highest BCUT2D eigenvalue weighted by atomic mass is 79.9. The van der Waals surface area contributed by atoms with Crippen molar-refractivity contribution in [2.24, 2.45) is 0 Å². The van der Waals surface area contributed by atoms with E-state index < -0.39 is 23.5 Å². The van der Waals surface area contributed by atoms with Gasteiger partial charge in [-0.1, -0.05) is 34.7 Å². The van der Waals surface area contributed by atoms with Crippen LogP contribution in [0.15, 0.2) is 29.0 Å². The van der Waals surface area contributed by atoms with Crippen LogP contribution in [0.3, 0.4) is 0 Å². The Kier molecular flexibility index (Phi) is 10.6. The minimum Gasteiger partial charge on any atom is -0.481 e. The highest BCUT2D eigenvalue weighted by Gasteiger charge is 2.32. The molecule has 4 heterocycles. The molecule has 0 unspecified atom stereocenters. The number of thiazole rings is 1. The minimum absolute atomic E-state index is 0. The number of alkyl halides is 3. The van der Waals surface area contributed by atoms with Crippen molar-refractivity contribution in [3.63, 3.8) is 0 Å². The molecule has 2 N–H and O–H groups in total. The first-order chi connectivity index (χ1) is 20.0. The van der Waals surface area contributed by atoms with E-state index in [9.17, 15) is 18.0 Å². The lowest BCUT2D eigenvalue weighted by atomic mass is 10.1. The zero-order valence-corrected chi connectivity index (χ0v) is 25.2. The second-order valence-corrected chi connectivity index (χ2v) is 12.4. The first-order valence-electron chi connectivity index (χ1n) is 13.6. The van der Waals surface area contributed by atoms with Gasteiger partial charge in [0.1, 0.15) is 6.33 Å². The topological polar surface area (TPSA) is 97.7 Å². The molecule has 9 nitrogen and oxygen atoms in total. The van der Waals surface area contributed by atoms with Crippen LogP contribution in [-0.2, 0) is 17.5 Å². The van der Waals surface area contributed by atoms with Crippen molar-refractivity contribution in [2.45, 2.75) is 52.4 Å². The van der Waals surface area contributed by atoms with Crippen molar-refractivity contribution < 1.29 is 27.5 Å². The largest absolute Gasteiger partial charge is 0.481 e. The number of piperazine rings is 1. The molecule has 1 aromatic carbocycles. The number of hydrogen-bond acceptors (Lipinski definition) is 9. The smallest absolute Gasteiger partial charge is 0.416 e. The fourth-order valence-electron chi connectivity index (χ4n) is 5.25. The Bertz CT molecular complexity index is 1430. The fourth-order valence-corrected chi connectivity index (χ4v) is 6.75. The maximum Gasteiger partial charge on any atom is 0.416 e. The lowest BCUT2D eigenvalue weighted by Gasteiger charge is -2.35. The second kappa shape index (κ2) is 13.8. The van der Waals surface area contributed by atoms with Gasteiger partial charge >= 0.3 is 12.1 Å². The van der Waals surface area contributed by atoms with E-state index in [1.165, 1.54) is 17.7 Å². The number of nitrogens with one attached hydrogen (secondary N) is 1. The van der Waals surface area contributed by atoms with Crippen LogP contribution in [0.1, 0.15) is 44.1 Å². The molecule has 2 aliphatic heterocycles. The van der Waals surface area contributed by atoms with E-state index in [0.717, 1.165) is 36.4 Å². The van der Waals surface area contributed by atoms with Gasteiger partial charge in [-0.3, -0.25) is 14.6 Å². The van der Waals surface area contributed by atoms with E-state index in [1.54, 1.807) is 11.0 Å². The van der Waals surface area contributed by atoms with Gasteiger partial charge in [-0.25, -0.2) is 15.0 Å². The van der Waals surface area contributed by atoms with E-state index in [1.807, 2.05) is 4.90 Å². The molecule has 234 valence electrons. The van der Waals surface area contributed by atoms with Crippen molar-refractivity contribution in [2.75, 3.05) is 49.5 Å². The Hall–Kier alpha value is -2.88. The number of carbonyl (C=O) groups is 1. The molecule has 2 saturated heterocycles. The van der Waals surface area contributed by atoms with Gasteiger partial charge in [0.25, 0.3) is 0 Å². The number of hydrogen-bond donors (Lipinski definition) is 2. The molecule has 3 aromatic rings. The predicted octanol–water partition coefficient (Wildman–Crippen LogP) is 6.48. The molecule has 0 aliphatic carbocycles. The maximum atomic E-state index is 15.7. The van der Waals surface area contributed by atoms with Gasteiger partial charge in [0.2, 0.25) is 5.82 Å². The molecule has 1 atom stereocenters. The number of aromatic nitrogens is 3. The van der Waals surface area contributed by atoms with Crippen LogP contribution in [0.2, 0.25) is 0 Å². The molecular formula is C28H34BrF4N7O2S. The average molecular weight is 689 g/mol. The Morgan fingerprint density at radius 1 is 1.16 bits per heavy atom. The highest BCUT2D eigenvalue weighted by Crippen LogP contribution is 2.39. The van der Waals surface area contributed by atoms with Gasteiger partial charge in [0, 0.05) is 60.2 Å². The molecule has 0 amide bonds. The van der Waals surface area contributed by atoms with Crippen molar-refractivity contribution in [1.82, 2.24) is 24.8 Å². The van der Waals surface area contributed by atoms with E-state index in [2.05, 4.69) is 48.0 Å². The second-order valence-electron chi connectivity index (χ2n) is 10.4. The van der Waals surface area contributed by atoms with Crippen LogP contribution in [0.4, 0.5) is 34.3 Å². The number of halogens is 5. The van der Waals surface area contributed by atoms with Gasteiger partial charge in [-0.15, -0.1) is 0 Å². The zero-order valence-electron chi connectivity index (χ0n) is 22.8. The average Bonchev–Trinajstić information content (AvgIpc) is 3.53. The Labute approximate surface area is 260 Å². The summed E-state index contributed by atoms with van der Waals surface area (Å²) in [5, 5.41) is 12.2. The molecule has 43 heavy (non-hydrogen) atoms. The third-order valence-electron chi connectivity index (χ3n) is 7.54. The molecule has 15 heteroatoms. The molecule has 0 radical (unpaired) electrons. The molecular weight excluding hydrogens is 654 g/mol. The van der Waals surface area contributed by atoms with Crippen molar-refractivity contribution in [3.05, 3.63) is 45.3 Å². The number of likely N-dealkylation sites (tertiary alicyclic amines) is 1. The number of anilines is 3. The molecule has 0 saturated carbocycles. The van der Waals surface area contributed by atoms with Gasteiger partial charge in [-0.05, 0) is 44.5 Å². The van der Waals surface area contributed by atoms with Crippen LogP contribution in [0, 0.1) is 5.82 Å². The summed E-state index contributed by atoms with van der Waals surface area (Å²) in [6, 6.07) is 4.04. The summed E-state index contributed by atoms with van der Waals surface area (Å²) < 4.78 is 56.8. The molecule has 0 spiro atoms. The quantitative estimate of drug-likeness (QED) is 0.245. The molecule has 5 rings (SSSR count). The first kappa shape index (κ1) is 33.0. The van der Waals surface area contributed by atoms with Crippen LogP contribution >= 0.6 is 27.3 Å². The lowest BCUT2D eigenvalue weighted by Crippen LogP contribution is -2.47. The Balaban J connectivity index is 0.00000423. The van der Waals surface area contributed by atoms with Crippen molar-refractivity contribution >= 4 is 50.0 Å². The van der Waals surface area contributed by atoms with Crippen molar-refractivity contribution in [3.8, 4) is 11.3 Å². The summed E-state index contributed by atoms with van der Waals surface area (Å²) in [6.07, 6.45) is -1.15. The Morgan fingerprint density at radius 2 is 1.91 bits per heavy atom. The first-order valence-corrected chi connectivity index (χ1v) is 15.2. The van der Waals surface area contributed by atoms with Gasteiger partial charge in [0.05, 0.1) is 17.7 Å². The number of aliphatic carboxylic acids is 1. The van der Waals surface area contributed by atoms with Gasteiger partial charge in [0.15, 0.2) is 16.8 Å². The number of benzene rings is 1. The van der Waals surface area contributed by atoms with Crippen LogP contribution < -0.4 is 10.2 Å². The number of nitrogens with zero attached hydrogens (tertiary/aromatic N) is 6. The monoisotopic (exact) mass is 687 g/mol. The van der Waals surface area contributed by atoms with E-state index in [4.69, 9.17) is 5.11 Å². The molecule has 2 fully saturated rings. The number of carboxylic acid groups (broad SMARTS) is 1. The summed E-state index contributed by atoms with van der Waals surface area (Å²) in [5.74, 6) is -1.49. The highest BCUT2D eigenvalue weighted by molar-refractivity contribution is 9.10. The summed E-state index contributed by atoms with van der Waals surface area (Å²) in [6.45, 7) is 6.01. The van der Waals surface area contributed by atoms with Gasteiger partial charge in [-0.2, -0.15) is 17.6 Å². The molecule has 2 aliphatic rings. The fraction of sp³-hybridized carbons (Fsp3) is 0.500. The van der Waals surface area contributed by atoms with Crippen LogP contribution in [0.25, 0.3) is 11.3 Å². The van der Waals surface area contributed by atoms with Gasteiger partial charge < -0.3 is 15.3 Å². The third-order valence-corrected chi connectivity index (χ3v) is 8.96. The Morgan fingerprint density at radius 3 is 2.56 bits per heavy atom. The number of carboxylic acids is 1. The maximum absolute atomic E-state index is 15.7. The SMILES string of the molecule is C.C[C@@H]1CCCN1Cc1sc(Nc2ncnc(N3CCN(CCC(=O)O)CC3)c2F)nc1-c1cc(Br)cc(C(F)(F)F)c1. The summed E-state index contributed by atoms with van der Waals surface area (Å²) >= 11 is 4.47. The summed E-state index contributed by atoms with van der Waals surface area (Å²) in [7, 11) is 0. The van der Waals surface area contributed by atoms with Crippen molar-refractivity contribution in [1.29, 1.82) is 0 Å². The normalized spacial score (nSPS) is 18.1. The minimum atomic E-state index is -4.53. The molecule has 0 bridgehead atoms. The summed E-state index contributed by atoms with van der Waals surface area (Å²) in [4.78, 5) is 30.6. The summed E-state index contributed by atoms with van der Waals surface area (Å²) in [5.41, 5.74) is -0.0718. The molecule has 2 aromatic heterocycles. The third kappa shape index (κ3) is 7.99. The zero-order chi connectivity index (χ0) is 30.0. The van der Waals surface area contributed by atoms with E-state index in [0.29, 0.717) is 61.7 Å². The predicted molar refractivity (Wildman–Crippen MR) is 162 cm³/mol. The standard InChI is InChI=1S/C27H30BrF4N7O2S.CH4/c1-16-3-2-5-39(16)14-20-23(17-11-18(27(30,31)32)13-19(28)12-17)35-26(42-20)36-24-22(29)25(34-15-33-24)38-9-7-37(8-10-38)6-4-21(40)41;/h11-13,15-16H,2-10,14H2,1H3,(H,40,41)(H,33,34,35,36);1H4/t16-;/m1./s1. The van der Waals surface area contributed by atoms with E-state index >= 15 is 4.39 Å². The number of rotatable bonds is 9. The van der Waals surface area contributed by atoms with E-state index in [-0.39, 0.29) is 30.0 Å².